The normalized spacial score (nSPS) is 10.8. The van der Waals surface area contributed by atoms with Crippen molar-refractivity contribution >= 4 is 17.9 Å². The third-order valence-electron chi connectivity index (χ3n) is 5.09. The summed E-state index contributed by atoms with van der Waals surface area (Å²) in [6, 6.07) is 4.33. The summed E-state index contributed by atoms with van der Waals surface area (Å²) in [5.41, 5.74) is 0.828. The molecule has 0 amide bonds. The second kappa shape index (κ2) is 14.6. The Balaban J connectivity index is 2.05. The highest BCUT2D eigenvalue weighted by atomic mass is 16.4. The minimum Gasteiger partial charge on any atom is -0.481 e. The zero-order valence-corrected chi connectivity index (χ0v) is 17.2. The molecule has 0 saturated carbocycles. The summed E-state index contributed by atoms with van der Waals surface area (Å²) in [6.07, 6.45) is 14.3. The lowest BCUT2D eigenvalue weighted by Crippen LogP contribution is -2.04. The fourth-order valence-corrected chi connectivity index (χ4v) is 3.46. The predicted octanol–water partition coefficient (Wildman–Crippen LogP) is 5.78. The number of rotatable bonds is 17. The van der Waals surface area contributed by atoms with E-state index in [2.05, 4.69) is 0 Å². The van der Waals surface area contributed by atoms with Gasteiger partial charge >= 0.3 is 17.9 Å². The number of benzene rings is 1. The van der Waals surface area contributed by atoms with Gasteiger partial charge in [-0.1, -0.05) is 64.2 Å². The van der Waals surface area contributed by atoms with Gasteiger partial charge in [0.25, 0.3) is 0 Å². The van der Waals surface area contributed by atoms with Crippen LogP contribution in [-0.4, -0.2) is 33.2 Å². The highest BCUT2D eigenvalue weighted by molar-refractivity contribution is 5.94. The van der Waals surface area contributed by atoms with Crippen LogP contribution in [0, 0.1) is 0 Å². The van der Waals surface area contributed by atoms with Crippen LogP contribution in [0.5, 0.6) is 0 Å². The molecule has 1 aromatic carbocycles. The molecule has 3 N–H and O–H groups in total. The molecular formula is C23H34O6. The average molecular weight is 407 g/mol. The van der Waals surface area contributed by atoms with E-state index in [1.807, 2.05) is 0 Å². The van der Waals surface area contributed by atoms with Crippen LogP contribution in [0.2, 0.25) is 0 Å². The molecule has 0 heterocycles. The van der Waals surface area contributed by atoms with Gasteiger partial charge in [-0.3, -0.25) is 4.79 Å². The summed E-state index contributed by atoms with van der Waals surface area (Å²) < 4.78 is 0. The van der Waals surface area contributed by atoms with Crippen LogP contribution >= 0.6 is 0 Å². The van der Waals surface area contributed by atoms with Crippen LogP contribution in [0.3, 0.4) is 0 Å². The number of hydrogen-bond acceptors (Lipinski definition) is 3. The fraction of sp³-hybridized carbons (Fsp3) is 0.609. The average Bonchev–Trinajstić information content (AvgIpc) is 2.67. The summed E-state index contributed by atoms with van der Waals surface area (Å²) in [5.74, 6) is -2.91. The molecule has 0 saturated heterocycles. The highest BCUT2D eigenvalue weighted by Gasteiger charge is 2.11. The Labute approximate surface area is 173 Å². The standard InChI is InChI=1S/C23H34O6/c24-21(25)14-12-10-8-6-4-2-1-3-5-7-9-11-13-18-15-19(22(26)27)17-20(16-18)23(28)29/h15-17H,1-14H2,(H,24,25)(H,26,27)(H,28,29). The van der Waals surface area contributed by atoms with Crippen LogP contribution in [0.1, 0.15) is 110 Å². The molecule has 29 heavy (non-hydrogen) atoms. The van der Waals surface area contributed by atoms with Crippen molar-refractivity contribution in [1.29, 1.82) is 0 Å². The number of aryl methyl sites for hydroxylation is 1. The Hall–Kier alpha value is -2.37. The molecule has 0 aromatic heterocycles. The first-order valence-electron chi connectivity index (χ1n) is 10.7. The minimum atomic E-state index is -1.10. The van der Waals surface area contributed by atoms with Crippen LogP contribution in [0.15, 0.2) is 18.2 Å². The number of aromatic carboxylic acids is 2. The second-order valence-corrected chi connectivity index (χ2v) is 7.67. The molecule has 0 aliphatic carbocycles. The smallest absolute Gasteiger partial charge is 0.335 e. The molecule has 0 radical (unpaired) electrons. The first-order chi connectivity index (χ1) is 13.9. The Kier molecular flexibility index (Phi) is 12.4. The van der Waals surface area contributed by atoms with E-state index in [4.69, 9.17) is 15.3 Å². The van der Waals surface area contributed by atoms with E-state index in [0.29, 0.717) is 6.42 Å². The van der Waals surface area contributed by atoms with Crippen molar-refractivity contribution in [3.8, 4) is 0 Å². The molecule has 0 atom stereocenters. The number of carbonyl (C=O) groups is 3. The Morgan fingerprint density at radius 1 is 0.552 bits per heavy atom. The van der Waals surface area contributed by atoms with E-state index >= 15 is 0 Å². The van der Waals surface area contributed by atoms with Gasteiger partial charge in [-0.2, -0.15) is 0 Å². The summed E-state index contributed by atoms with van der Waals surface area (Å²) in [7, 11) is 0. The number of carboxylic acids is 3. The lowest BCUT2D eigenvalue weighted by atomic mass is 10.00. The largest absolute Gasteiger partial charge is 0.481 e. The van der Waals surface area contributed by atoms with Gasteiger partial charge in [0.1, 0.15) is 0 Å². The quantitative estimate of drug-likeness (QED) is 0.283. The summed E-state index contributed by atoms with van der Waals surface area (Å²) in [5, 5.41) is 26.8. The summed E-state index contributed by atoms with van der Waals surface area (Å²) >= 11 is 0. The zero-order valence-electron chi connectivity index (χ0n) is 17.2. The Morgan fingerprint density at radius 3 is 1.31 bits per heavy atom. The molecule has 0 bridgehead atoms. The molecule has 0 aliphatic heterocycles. The highest BCUT2D eigenvalue weighted by Crippen LogP contribution is 2.16. The van der Waals surface area contributed by atoms with Crippen LogP contribution < -0.4 is 0 Å². The molecule has 0 aliphatic rings. The van der Waals surface area contributed by atoms with E-state index in [9.17, 15) is 14.4 Å². The predicted molar refractivity (Wildman–Crippen MR) is 112 cm³/mol. The number of aliphatic carboxylic acids is 1. The van der Waals surface area contributed by atoms with Gasteiger partial charge in [-0.15, -0.1) is 0 Å². The molecule has 0 unspecified atom stereocenters. The van der Waals surface area contributed by atoms with Gasteiger partial charge in [-0.05, 0) is 43.0 Å². The van der Waals surface area contributed by atoms with Crippen molar-refractivity contribution in [3.63, 3.8) is 0 Å². The molecule has 1 rings (SSSR count). The SMILES string of the molecule is O=C(O)CCCCCCCCCCCCCCc1cc(C(=O)O)cc(C(=O)O)c1. The fourth-order valence-electron chi connectivity index (χ4n) is 3.46. The van der Waals surface area contributed by atoms with Gasteiger partial charge in [-0.25, -0.2) is 9.59 Å². The molecule has 1 aromatic rings. The summed E-state index contributed by atoms with van der Waals surface area (Å²) in [6.45, 7) is 0. The molecule has 0 spiro atoms. The first kappa shape index (κ1) is 24.7. The van der Waals surface area contributed by atoms with Crippen molar-refractivity contribution in [2.24, 2.45) is 0 Å². The van der Waals surface area contributed by atoms with Crippen molar-refractivity contribution < 1.29 is 29.7 Å². The summed E-state index contributed by atoms with van der Waals surface area (Å²) in [4.78, 5) is 32.7. The Morgan fingerprint density at radius 2 is 0.931 bits per heavy atom. The topological polar surface area (TPSA) is 112 Å². The maximum atomic E-state index is 11.1. The van der Waals surface area contributed by atoms with Crippen LogP contribution in [0.4, 0.5) is 0 Å². The molecule has 6 nitrogen and oxygen atoms in total. The second-order valence-electron chi connectivity index (χ2n) is 7.67. The Bertz CT molecular complexity index is 621. The van der Waals surface area contributed by atoms with Crippen LogP contribution in [-0.2, 0) is 11.2 Å². The first-order valence-corrected chi connectivity index (χ1v) is 10.7. The molecule has 0 fully saturated rings. The molecule has 6 heteroatoms. The van der Waals surface area contributed by atoms with Gasteiger partial charge in [0, 0.05) is 6.42 Å². The lowest BCUT2D eigenvalue weighted by Gasteiger charge is -2.06. The van der Waals surface area contributed by atoms with Crippen LogP contribution in [0.25, 0.3) is 0 Å². The van der Waals surface area contributed by atoms with E-state index in [0.717, 1.165) is 44.1 Å². The maximum Gasteiger partial charge on any atom is 0.335 e. The molecular weight excluding hydrogens is 372 g/mol. The van der Waals surface area contributed by atoms with E-state index < -0.39 is 17.9 Å². The van der Waals surface area contributed by atoms with Gasteiger partial charge in [0.05, 0.1) is 11.1 Å². The van der Waals surface area contributed by atoms with Gasteiger partial charge < -0.3 is 15.3 Å². The van der Waals surface area contributed by atoms with E-state index in [1.54, 1.807) is 12.1 Å². The van der Waals surface area contributed by atoms with Crippen molar-refractivity contribution in [3.05, 3.63) is 34.9 Å². The van der Waals surface area contributed by atoms with Crippen molar-refractivity contribution in [1.82, 2.24) is 0 Å². The molecule has 162 valence electrons. The van der Waals surface area contributed by atoms with E-state index in [-0.39, 0.29) is 17.5 Å². The third-order valence-corrected chi connectivity index (χ3v) is 5.09. The number of carboxylic acid groups (broad SMARTS) is 3. The third kappa shape index (κ3) is 11.9. The van der Waals surface area contributed by atoms with Crippen molar-refractivity contribution in [2.45, 2.75) is 89.9 Å². The van der Waals surface area contributed by atoms with E-state index in [1.165, 1.54) is 44.6 Å². The van der Waals surface area contributed by atoms with Gasteiger partial charge in [0.2, 0.25) is 0 Å². The van der Waals surface area contributed by atoms with Gasteiger partial charge in [0.15, 0.2) is 0 Å². The lowest BCUT2D eigenvalue weighted by molar-refractivity contribution is -0.137. The number of hydrogen-bond donors (Lipinski definition) is 3. The number of unbranched alkanes of at least 4 members (excludes halogenated alkanes) is 11. The maximum absolute atomic E-state index is 11.1. The minimum absolute atomic E-state index is 0.0294. The van der Waals surface area contributed by atoms with Crippen molar-refractivity contribution in [2.75, 3.05) is 0 Å². The zero-order chi connectivity index (χ0) is 21.5. The monoisotopic (exact) mass is 406 g/mol.